The first-order valence-corrected chi connectivity index (χ1v) is 10.4. The lowest BCUT2D eigenvalue weighted by Crippen LogP contribution is -2.39. The van der Waals surface area contributed by atoms with Crippen LogP contribution in [0.1, 0.15) is 70.8 Å². The van der Waals surface area contributed by atoms with Gasteiger partial charge in [-0.3, -0.25) is 9.89 Å². The van der Waals surface area contributed by atoms with Crippen LogP contribution in [0.25, 0.3) is 0 Å². The van der Waals surface area contributed by atoms with Crippen LogP contribution in [-0.2, 0) is 16.1 Å². The van der Waals surface area contributed by atoms with Crippen LogP contribution in [0, 0.1) is 6.92 Å². The Morgan fingerprint density at radius 2 is 2.14 bits per heavy atom. The van der Waals surface area contributed by atoms with Gasteiger partial charge < -0.3 is 14.4 Å². The summed E-state index contributed by atoms with van der Waals surface area (Å²) in [6.07, 6.45) is 6.16. The first kappa shape index (κ1) is 20.0. The Balaban J connectivity index is 1.45. The van der Waals surface area contributed by atoms with Gasteiger partial charge in [-0.25, -0.2) is 9.97 Å². The van der Waals surface area contributed by atoms with E-state index in [1.165, 1.54) is 12.8 Å². The molecule has 2 fully saturated rings. The molecule has 1 N–H and O–H groups in total. The number of aryl methyl sites for hydroxylation is 1. The van der Waals surface area contributed by atoms with Crippen molar-refractivity contribution in [1.29, 1.82) is 0 Å². The second kappa shape index (κ2) is 9.00. The third kappa shape index (κ3) is 4.82. The molecule has 3 heterocycles. The number of aromatic nitrogens is 4. The molecule has 2 aromatic rings. The number of aromatic amines is 1. The van der Waals surface area contributed by atoms with Crippen LogP contribution in [0.5, 0.6) is 0 Å². The molecule has 2 aromatic heterocycles. The Bertz CT molecular complexity index is 849. The zero-order chi connectivity index (χ0) is 20.2. The third-order valence-electron chi connectivity index (χ3n) is 5.64. The van der Waals surface area contributed by atoms with Crippen molar-refractivity contribution in [2.24, 2.45) is 0 Å². The van der Waals surface area contributed by atoms with Crippen molar-refractivity contribution < 1.29 is 14.3 Å². The number of carbonyl (C=O) groups is 1. The van der Waals surface area contributed by atoms with Crippen molar-refractivity contribution in [2.75, 3.05) is 33.4 Å². The molecular weight excluding hydrogens is 370 g/mol. The zero-order valence-electron chi connectivity index (χ0n) is 17.2. The summed E-state index contributed by atoms with van der Waals surface area (Å²) in [4.78, 5) is 24.0. The SMILES string of the molecule is COCCOCc1cnc(C)nc1C1CCCN(C(=O)c2cc(C3CC3)[nH]n2)C1. The second-order valence-corrected chi connectivity index (χ2v) is 7.95. The number of hydrogen-bond donors (Lipinski definition) is 1. The Kier molecular flexibility index (Phi) is 6.20. The lowest BCUT2D eigenvalue weighted by molar-refractivity contribution is 0.0602. The average Bonchev–Trinajstić information content (AvgIpc) is 3.48. The van der Waals surface area contributed by atoms with E-state index >= 15 is 0 Å². The molecule has 2 aliphatic rings. The number of nitrogens with one attached hydrogen (secondary N) is 1. The van der Waals surface area contributed by atoms with Gasteiger partial charge in [0.25, 0.3) is 5.91 Å². The molecule has 29 heavy (non-hydrogen) atoms. The van der Waals surface area contributed by atoms with Crippen molar-refractivity contribution in [2.45, 2.75) is 51.0 Å². The van der Waals surface area contributed by atoms with Crippen LogP contribution in [-0.4, -0.2) is 64.4 Å². The van der Waals surface area contributed by atoms with Gasteiger partial charge in [0, 0.05) is 49.5 Å². The molecule has 8 heteroatoms. The molecule has 1 aliphatic carbocycles. The van der Waals surface area contributed by atoms with Gasteiger partial charge in [-0.05, 0) is 38.7 Å². The summed E-state index contributed by atoms with van der Waals surface area (Å²) in [5.74, 6) is 1.48. The van der Waals surface area contributed by atoms with Gasteiger partial charge in [0.1, 0.15) is 11.5 Å². The molecule has 0 radical (unpaired) electrons. The molecule has 156 valence electrons. The number of carbonyl (C=O) groups excluding carboxylic acids is 1. The van der Waals surface area contributed by atoms with Crippen LogP contribution >= 0.6 is 0 Å². The van der Waals surface area contributed by atoms with E-state index in [0.717, 1.165) is 42.2 Å². The maximum atomic E-state index is 13.0. The highest BCUT2D eigenvalue weighted by Gasteiger charge is 2.31. The molecule has 1 saturated carbocycles. The molecule has 1 atom stereocenters. The van der Waals surface area contributed by atoms with Gasteiger partial charge in [0.15, 0.2) is 0 Å². The highest BCUT2D eigenvalue weighted by Crippen LogP contribution is 2.39. The summed E-state index contributed by atoms with van der Waals surface area (Å²) in [6, 6.07) is 1.92. The van der Waals surface area contributed by atoms with Gasteiger partial charge in [-0.1, -0.05) is 0 Å². The molecule has 1 aliphatic heterocycles. The van der Waals surface area contributed by atoms with Crippen molar-refractivity contribution in [3.8, 4) is 0 Å². The average molecular weight is 399 g/mol. The summed E-state index contributed by atoms with van der Waals surface area (Å²) in [7, 11) is 1.66. The molecule has 1 saturated heterocycles. The van der Waals surface area contributed by atoms with Gasteiger partial charge in [-0.2, -0.15) is 5.10 Å². The maximum Gasteiger partial charge on any atom is 0.274 e. The number of ether oxygens (including phenoxy) is 2. The fourth-order valence-electron chi connectivity index (χ4n) is 3.90. The number of hydrogen-bond acceptors (Lipinski definition) is 6. The quantitative estimate of drug-likeness (QED) is 0.686. The summed E-state index contributed by atoms with van der Waals surface area (Å²) in [6.45, 7) is 4.83. The predicted molar refractivity (Wildman–Crippen MR) is 107 cm³/mol. The summed E-state index contributed by atoms with van der Waals surface area (Å²) < 4.78 is 10.7. The Morgan fingerprint density at radius 1 is 1.28 bits per heavy atom. The molecule has 1 amide bonds. The monoisotopic (exact) mass is 399 g/mol. The molecule has 1 unspecified atom stereocenters. The largest absolute Gasteiger partial charge is 0.382 e. The lowest BCUT2D eigenvalue weighted by atomic mass is 9.92. The molecule has 0 bridgehead atoms. The third-order valence-corrected chi connectivity index (χ3v) is 5.64. The number of likely N-dealkylation sites (tertiary alicyclic amines) is 1. The number of rotatable bonds is 8. The van der Waals surface area contributed by atoms with Crippen LogP contribution < -0.4 is 0 Å². The predicted octanol–water partition coefficient (Wildman–Crippen LogP) is 2.57. The second-order valence-electron chi connectivity index (χ2n) is 7.95. The van der Waals surface area contributed by atoms with Crippen LogP contribution in [0.2, 0.25) is 0 Å². The van der Waals surface area contributed by atoms with Crippen LogP contribution in [0.4, 0.5) is 0 Å². The van der Waals surface area contributed by atoms with Gasteiger partial charge in [0.05, 0.1) is 25.5 Å². The molecular formula is C21H29N5O3. The van der Waals surface area contributed by atoms with Crippen LogP contribution in [0.15, 0.2) is 12.3 Å². The number of nitrogens with zero attached hydrogens (tertiary/aromatic N) is 4. The Morgan fingerprint density at radius 3 is 2.93 bits per heavy atom. The van der Waals surface area contributed by atoms with Crippen molar-refractivity contribution >= 4 is 5.91 Å². The van der Waals surface area contributed by atoms with E-state index in [1.54, 1.807) is 7.11 Å². The van der Waals surface area contributed by atoms with E-state index in [2.05, 4.69) is 15.2 Å². The first-order chi connectivity index (χ1) is 14.2. The standard InChI is InChI=1S/C21H29N5O3/c1-14-22-11-17(13-29-9-8-28-2)20(23-14)16-4-3-7-26(12-16)21(27)19-10-18(24-25-19)15-5-6-15/h10-11,15-16H,3-9,12-13H2,1-2H3,(H,24,25). The van der Waals surface area contributed by atoms with E-state index < -0.39 is 0 Å². The maximum absolute atomic E-state index is 13.0. The van der Waals surface area contributed by atoms with E-state index in [0.29, 0.717) is 38.0 Å². The van der Waals surface area contributed by atoms with Crippen molar-refractivity contribution in [3.63, 3.8) is 0 Å². The topological polar surface area (TPSA) is 93.2 Å². The number of piperidine rings is 1. The van der Waals surface area contributed by atoms with Crippen LogP contribution in [0.3, 0.4) is 0 Å². The molecule has 8 nitrogen and oxygen atoms in total. The molecule has 4 rings (SSSR count). The van der Waals surface area contributed by atoms with Gasteiger partial charge in [0.2, 0.25) is 0 Å². The Hall–Kier alpha value is -2.32. The Labute approximate surface area is 171 Å². The number of H-pyrrole nitrogens is 1. The van der Waals surface area contributed by atoms with Crippen molar-refractivity contribution in [3.05, 3.63) is 40.7 Å². The number of methoxy groups -OCH3 is 1. The minimum Gasteiger partial charge on any atom is -0.382 e. The van der Waals surface area contributed by atoms with E-state index in [-0.39, 0.29) is 11.8 Å². The smallest absolute Gasteiger partial charge is 0.274 e. The highest BCUT2D eigenvalue weighted by molar-refractivity contribution is 5.92. The van der Waals surface area contributed by atoms with E-state index in [9.17, 15) is 4.79 Å². The minimum absolute atomic E-state index is 0.00141. The highest BCUT2D eigenvalue weighted by atomic mass is 16.5. The summed E-state index contributed by atoms with van der Waals surface area (Å²) in [5, 5.41) is 7.30. The zero-order valence-corrected chi connectivity index (χ0v) is 17.2. The van der Waals surface area contributed by atoms with E-state index in [1.807, 2.05) is 24.1 Å². The molecule has 0 spiro atoms. The summed E-state index contributed by atoms with van der Waals surface area (Å²) >= 11 is 0. The fraction of sp³-hybridized carbons (Fsp3) is 0.619. The fourth-order valence-corrected chi connectivity index (χ4v) is 3.90. The van der Waals surface area contributed by atoms with Gasteiger partial charge >= 0.3 is 0 Å². The summed E-state index contributed by atoms with van der Waals surface area (Å²) in [5.41, 5.74) is 3.59. The minimum atomic E-state index is 0.00141. The first-order valence-electron chi connectivity index (χ1n) is 10.4. The number of amides is 1. The molecule has 0 aromatic carbocycles. The van der Waals surface area contributed by atoms with E-state index in [4.69, 9.17) is 14.5 Å². The lowest BCUT2D eigenvalue weighted by Gasteiger charge is -2.33. The van der Waals surface area contributed by atoms with Crippen molar-refractivity contribution in [1.82, 2.24) is 25.1 Å². The normalized spacial score (nSPS) is 19.5. The van der Waals surface area contributed by atoms with Gasteiger partial charge in [-0.15, -0.1) is 0 Å².